The van der Waals surface area contributed by atoms with Crippen LogP contribution in [0.15, 0.2) is 60.2 Å². The summed E-state index contributed by atoms with van der Waals surface area (Å²) >= 11 is 1.74. The van der Waals surface area contributed by atoms with Gasteiger partial charge in [0.05, 0.1) is 0 Å². The van der Waals surface area contributed by atoms with Crippen molar-refractivity contribution in [2.24, 2.45) is 11.3 Å². The van der Waals surface area contributed by atoms with Crippen LogP contribution in [0, 0.1) is 17.4 Å². The van der Waals surface area contributed by atoms with E-state index >= 15 is 0 Å². The molecule has 1 atom stereocenters. The molecule has 0 aliphatic heterocycles. The second kappa shape index (κ2) is 11.5. The molecular formula is C33H46SiZr. The van der Waals surface area contributed by atoms with Crippen LogP contribution < -0.4 is 0 Å². The first-order valence-electron chi connectivity index (χ1n) is 12.9. The van der Waals surface area contributed by atoms with Crippen LogP contribution in [0.3, 0.4) is 0 Å². The van der Waals surface area contributed by atoms with E-state index in [1.165, 1.54) is 38.2 Å². The van der Waals surface area contributed by atoms with Gasteiger partial charge in [0.2, 0.25) is 0 Å². The number of benzene rings is 2. The maximum absolute atomic E-state index is 3.26. The van der Waals surface area contributed by atoms with E-state index in [1.807, 2.05) is 0 Å². The van der Waals surface area contributed by atoms with Gasteiger partial charge in [0.15, 0.2) is 0 Å². The van der Waals surface area contributed by atoms with Crippen molar-refractivity contribution in [3.8, 4) is 0 Å². The molecule has 4 rings (SSSR count). The van der Waals surface area contributed by atoms with Crippen molar-refractivity contribution in [1.82, 2.24) is 0 Å². The van der Waals surface area contributed by atoms with Crippen LogP contribution >= 0.6 is 0 Å². The molecule has 1 aliphatic carbocycles. The molecule has 0 N–H and O–H groups in total. The Hall–Kier alpha value is -1.11. The van der Waals surface area contributed by atoms with Gasteiger partial charge in [-0.1, -0.05) is 116 Å². The predicted octanol–water partition coefficient (Wildman–Crippen LogP) is 10.1. The molecule has 1 aliphatic rings. The number of rotatable bonds is 0. The van der Waals surface area contributed by atoms with E-state index < -0.39 is 0 Å². The van der Waals surface area contributed by atoms with Crippen molar-refractivity contribution in [1.29, 1.82) is 0 Å². The van der Waals surface area contributed by atoms with Crippen molar-refractivity contribution in [3.05, 3.63) is 77.4 Å². The van der Waals surface area contributed by atoms with Crippen molar-refractivity contribution < 1.29 is 23.3 Å². The zero-order valence-electron chi connectivity index (χ0n) is 24.3. The first-order chi connectivity index (χ1) is 15.9. The van der Waals surface area contributed by atoms with Gasteiger partial charge in [-0.2, -0.15) is 11.6 Å². The molecular weight excluding hydrogens is 516 g/mol. The van der Waals surface area contributed by atoms with Crippen LogP contribution in [0.4, 0.5) is 0 Å². The second-order valence-electron chi connectivity index (χ2n) is 13.2. The Morgan fingerprint density at radius 1 is 0.743 bits per heavy atom. The maximum atomic E-state index is 3.26. The minimum atomic E-state index is 0.194. The summed E-state index contributed by atoms with van der Waals surface area (Å²) in [6.45, 7) is 27.1. The fourth-order valence-corrected chi connectivity index (χ4v) is 3.98. The zero-order chi connectivity index (χ0) is 26.8. The van der Waals surface area contributed by atoms with E-state index in [0.29, 0.717) is 11.3 Å². The van der Waals surface area contributed by atoms with E-state index in [9.17, 15) is 0 Å². The van der Waals surface area contributed by atoms with Gasteiger partial charge < -0.3 is 0 Å². The summed E-state index contributed by atoms with van der Waals surface area (Å²) in [5.74, 6) is 0.522. The molecule has 186 valence electrons. The van der Waals surface area contributed by atoms with E-state index in [0.717, 1.165) is 0 Å². The number of allylic oxidation sites excluding steroid dienone is 4. The molecule has 2 heteroatoms. The Morgan fingerprint density at radius 3 is 1.40 bits per heavy atom. The van der Waals surface area contributed by atoms with E-state index in [1.54, 1.807) is 23.3 Å². The van der Waals surface area contributed by atoms with Crippen LogP contribution in [-0.4, -0.2) is 5.43 Å². The van der Waals surface area contributed by atoms with E-state index in [4.69, 9.17) is 0 Å². The third-order valence-corrected chi connectivity index (χ3v) is 6.24. The van der Waals surface area contributed by atoms with Gasteiger partial charge in [0.1, 0.15) is 0 Å². The zero-order valence-corrected chi connectivity index (χ0v) is 27.7. The van der Waals surface area contributed by atoms with Crippen LogP contribution in [-0.2, 0) is 34.2 Å². The van der Waals surface area contributed by atoms with Gasteiger partial charge >= 0.3 is 41.9 Å². The number of hydrogen-bond acceptors (Lipinski definition) is 0. The monoisotopic (exact) mass is 560 g/mol. The minimum absolute atomic E-state index is 0.194. The van der Waals surface area contributed by atoms with Crippen molar-refractivity contribution in [2.45, 2.75) is 93.2 Å². The molecule has 0 aromatic heterocycles. The van der Waals surface area contributed by atoms with Crippen LogP contribution in [0.5, 0.6) is 0 Å². The molecule has 3 aromatic carbocycles. The number of hydrogen-bond donors (Lipinski definition) is 0. The molecule has 0 amide bonds. The van der Waals surface area contributed by atoms with Crippen molar-refractivity contribution in [3.63, 3.8) is 0 Å². The Kier molecular flexibility index (Phi) is 9.91. The van der Waals surface area contributed by atoms with Crippen molar-refractivity contribution >= 4 is 27.0 Å². The SMILES string of the molecule is CC(C)(C)c1ccc2[cH-]c3ccc(C(C)(C)C)cc3c2c1.CC1[C-]=CC(C(C)(C)C)=C1.C[Si](C)=[Zr+2]. The summed E-state index contributed by atoms with van der Waals surface area (Å²) in [7, 11) is 0. The van der Waals surface area contributed by atoms with E-state index in [2.05, 4.69) is 143 Å². The average Bonchev–Trinajstić information content (AvgIpc) is 3.29. The molecule has 0 fully saturated rings. The summed E-state index contributed by atoms with van der Waals surface area (Å²) in [6, 6.07) is 16.1. The molecule has 0 nitrogen and oxygen atoms in total. The van der Waals surface area contributed by atoms with Crippen LogP contribution in [0.25, 0.3) is 21.5 Å². The normalized spacial score (nSPS) is 15.9. The third-order valence-electron chi connectivity index (χ3n) is 6.24. The van der Waals surface area contributed by atoms with Gasteiger partial charge in [-0.3, -0.25) is 6.08 Å². The van der Waals surface area contributed by atoms with E-state index in [-0.39, 0.29) is 16.3 Å². The Labute approximate surface area is 231 Å². The summed E-state index contributed by atoms with van der Waals surface area (Å²) < 4.78 is 0. The molecule has 0 radical (unpaired) electrons. The van der Waals surface area contributed by atoms with Crippen LogP contribution in [0.2, 0.25) is 13.1 Å². The fraction of sp³-hybridized carbons (Fsp3) is 0.485. The summed E-state index contributed by atoms with van der Waals surface area (Å²) in [4.78, 5) is 0. The quantitative estimate of drug-likeness (QED) is 0.189. The summed E-state index contributed by atoms with van der Waals surface area (Å²) in [5, 5.41) is 5.49. The average molecular weight is 562 g/mol. The molecule has 1 unspecified atom stereocenters. The Balaban J connectivity index is 0.000000257. The second-order valence-corrected chi connectivity index (χ2v) is 22.6. The number of fused-ring (bicyclic) bond motifs is 3. The third kappa shape index (κ3) is 8.75. The Morgan fingerprint density at radius 2 is 1.14 bits per heavy atom. The summed E-state index contributed by atoms with van der Waals surface area (Å²) in [6.07, 6.45) is 7.65. The van der Waals surface area contributed by atoms with Gasteiger partial charge in [-0.25, -0.2) is 6.08 Å². The topological polar surface area (TPSA) is 0 Å². The Bertz CT molecular complexity index is 1160. The fourth-order valence-electron chi connectivity index (χ4n) is 3.98. The predicted molar refractivity (Wildman–Crippen MR) is 156 cm³/mol. The van der Waals surface area contributed by atoms with Gasteiger partial charge in [0, 0.05) is 0 Å². The molecule has 0 saturated heterocycles. The molecule has 0 heterocycles. The molecule has 0 saturated carbocycles. The first-order valence-corrected chi connectivity index (χ1v) is 19.1. The van der Waals surface area contributed by atoms with Gasteiger partial charge in [-0.15, -0.1) is 39.7 Å². The first kappa shape index (κ1) is 30.1. The molecule has 0 spiro atoms. The van der Waals surface area contributed by atoms with Gasteiger partial charge in [0.25, 0.3) is 0 Å². The van der Waals surface area contributed by atoms with Crippen molar-refractivity contribution in [2.75, 3.05) is 0 Å². The molecule has 35 heavy (non-hydrogen) atoms. The van der Waals surface area contributed by atoms with Crippen LogP contribution in [0.1, 0.15) is 80.4 Å². The standard InChI is InChI=1S/C21H25.C10H15.C2H6Si.Zr/c1-20(2,3)16-9-7-14-11-15-8-10-17(21(4,5)6)13-19(15)18(14)12-16;1-8-5-6-9(7-8)10(2,3)4;1-3-2;/h7-13H,1-6H3;6-8H,1-4H3;1-2H3;/q2*-1;;+2. The summed E-state index contributed by atoms with van der Waals surface area (Å²) in [5.41, 5.74) is 5.13. The molecule has 3 aromatic rings. The van der Waals surface area contributed by atoms with Gasteiger partial charge in [-0.05, 0) is 10.8 Å². The molecule has 0 bridgehead atoms.